The fraction of sp³-hybridized carbons (Fsp3) is 0.263. The Morgan fingerprint density at radius 2 is 1.68 bits per heavy atom. The number of hydrogen-bond donors (Lipinski definition) is 3. The molecule has 0 spiro atoms. The normalized spacial score (nSPS) is 11.5. The van der Waals surface area contributed by atoms with Crippen LogP contribution < -0.4 is 16.0 Å². The molecule has 2 aromatic carbocycles. The van der Waals surface area contributed by atoms with Crippen molar-refractivity contribution in [3.05, 3.63) is 65.5 Å². The zero-order chi connectivity index (χ0) is 18.2. The topological polar surface area (TPSA) is 70.2 Å². The third-order valence-electron chi connectivity index (χ3n) is 3.76. The molecule has 0 aliphatic carbocycles. The number of urea groups is 1. The lowest BCUT2D eigenvalue weighted by atomic mass is 10.1. The number of hydrogen-bond acceptors (Lipinski definition) is 2. The highest BCUT2D eigenvalue weighted by Gasteiger charge is 2.08. The number of anilines is 1. The number of amides is 3. The standard InChI is InChI=1S/C19H22FN3O2/c1-3-13(2)22-19(25)23-17-10-6-15(7-11-17)18(24)21-12-14-4-8-16(20)9-5-14/h4-11,13H,3,12H2,1-2H3,(H,21,24)(H2,22,23,25). The van der Waals surface area contributed by atoms with E-state index in [-0.39, 0.29) is 23.8 Å². The number of nitrogens with one attached hydrogen (secondary N) is 3. The van der Waals surface area contributed by atoms with Crippen molar-refractivity contribution in [2.45, 2.75) is 32.9 Å². The quantitative estimate of drug-likeness (QED) is 0.749. The fourth-order valence-electron chi connectivity index (χ4n) is 2.08. The second kappa shape index (κ2) is 8.82. The van der Waals surface area contributed by atoms with Gasteiger partial charge in [-0.15, -0.1) is 0 Å². The first-order valence-corrected chi connectivity index (χ1v) is 8.18. The highest BCUT2D eigenvalue weighted by molar-refractivity contribution is 5.95. The van der Waals surface area contributed by atoms with Crippen molar-refractivity contribution in [3.8, 4) is 0 Å². The van der Waals surface area contributed by atoms with Crippen LogP contribution in [0.15, 0.2) is 48.5 Å². The van der Waals surface area contributed by atoms with E-state index < -0.39 is 0 Å². The number of rotatable bonds is 6. The Labute approximate surface area is 146 Å². The Balaban J connectivity index is 1.87. The predicted molar refractivity (Wildman–Crippen MR) is 95.9 cm³/mol. The second-order valence-corrected chi connectivity index (χ2v) is 5.79. The van der Waals surface area contributed by atoms with Gasteiger partial charge >= 0.3 is 6.03 Å². The lowest BCUT2D eigenvalue weighted by Crippen LogP contribution is -2.35. The van der Waals surface area contributed by atoms with Crippen molar-refractivity contribution in [3.63, 3.8) is 0 Å². The summed E-state index contributed by atoms with van der Waals surface area (Å²) in [5, 5.41) is 8.29. The predicted octanol–water partition coefficient (Wildman–Crippen LogP) is 3.68. The first kappa shape index (κ1) is 18.4. The minimum atomic E-state index is -0.310. The second-order valence-electron chi connectivity index (χ2n) is 5.79. The number of carbonyl (C=O) groups is 2. The van der Waals surface area contributed by atoms with Crippen LogP contribution in [0.5, 0.6) is 0 Å². The van der Waals surface area contributed by atoms with Crippen molar-refractivity contribution >= 4 is 17.6 Å². The van der Waals surface area contributed by atoms with Gasteiger partial charge in [-0.2, -0.15) is 0 Å². The summed E-state index contributed by atoms with van der Waals surface area (Å²) in [6, 6.07) is 12.4. The van der Waals surface area contributed by atoms with Crippen molar-refractivity contribution in [1.82, 2.24) is 10.6 Å². The molecule has 3 amide bonds. The first-order valence-electron chi connectivity index (χ1n) is 8.18. The maximum atomic E-state index is 12.8. The molecule has 0 aliphatic heterocycles. The first-order chi connectivity index (χ1) is 12.0. The van der Waals surface area contributed by atoms with Gasteiger partial charge in [-0.1, -0.05) is 19.1 Å². The van der Waals surface area contributed by atoms with Gasteiger partial charge in [-0.05, 0) is 55.3 Å². The van der Waals surface area contributed by atoms with Gasteiger partial charge in [-0.3, -0.25) is 4.79 Å². The molecular weight excluding hydrogens is 321 g/mol. The Bertz CT molecular complexity index is 714. The zero-order valence-electron chi connectivity index (χ0n) is 14.3. The molecule has 0 heterocycles. The fourth-order valence-corrected chi connectivity index (χ4v) is 2.08. The van der Waals surface area contributed by atoms with Crippen molar-refractivity contribution in [2.75, 3.05) is 5.32 Å². The lowest BCUT2D eigenvalue weighted by molar-refractivity contribution is 0.0951. The minimum Gasteiger partial charge on any atom is -0.348 e. The van der Waals surface area contributed by atoms with E-state index >= 15 is 0 Å². The molecule has 2 rings (SSSR count). The highest BCUT2D eigenvalue weighted by atomic mass is 19.1. The molecule has 6 heteroatoms. The maximum Gasteiger partial charge on any atom is 0.319 e. The average molecular weight is 343 g/mol. The Kier molecular flexibility index (Phi) is 6.51. The van der Waals surface area contributed by atoms with Gasteiger partial charge in [0.2, 0.25) is 0 Å². The molecule has 0 radical (unpaired) electrons. The van der Waals surface area contributed by atoms with Crippen LogP contribution in [0.1, 0.15) is 36.2 Å². The molecule has 0 saturated carbocycles. The Hall–Kier alpha value is -2.89. The zero-order valence-corrected chi connectivity index (χ0v) is 14.3. The monoisotopic (exact) mass is 343 g/mol. The summed E-state index contributed by atoms with van der Waals surface area (Å²) in [6.45, 7) is 4.23. The summed E-state index contributed by atoms with van der Waals surface area (Å²) in [6.07, 6.45) is 0.848. The van der Waals surface area contributed by atoms with Gasteiger partial charge in [0.05, 0.1) is 0 Å². The summed E-state index contributed by atoms with van der Waals surface area (Å²) >= 11 is 0. The highest BCUT2D eigenvalue weighted by Crippen LogP contribution is 2.10. The third-order valence-corrected chi connectivity index (χ3v) is 3.76. The van der Waals surface area contributed by atoms with E-state index in [9.17, 15) is 14.0 Å². The molecule has 0 aliphatic rings. The van der Waals surface area contributed by atoms with Crippen LogP contribution >= 0.6 is 0 Å². The summed E-state index contributed by atoms with van der Waals surface area (Å²) in [7, 11) is 0. The van der Waals surface area contributed by atoms with Gasteiger partial charge in [-0.25, -0.2) is 9.18 Å². The van der Waals surface area contributed by atoms with E-state index in [1.54, 1.807) is 36.4 Å². The minimum absolute atomic E-state index is 0.0940. The maximum absolute atomic E-state index is 12.8. The van der Waals surface area contributed by atoms with Crippen LogP contribution in [0, 0.1) is 5.82 Å². The van der Waals surface area contributed by atoms with Crippen molar-refractivity contribution < 1.29 is 14.0 Å². The molecule has 132 valence electrons. The number of benzene rings is 2. The van der Waals surface area contributed by atoms with E-state index in [0.717, 1.165) is 12.0 Å². The van der Waals surface area contributed by atoms with Crippen LogP contribution in [0.3, 0.4) is 0 Å². The summed E-state index contributed by atoms with van der Waals surface area (Å²) in [4.78, 5) is 23.9. The third kappa shape index (κ3) is 5.91. The average Bonchev–Trinajstić information content (AvgIpc) is 2.61. The molecule has 0 aromatic heterocycles. The lowest BCUT2D eigenvalue weighted by Gasteiger charge is -2.12. The van der Waals surface area contributed by atoms with Gasteiger partial charge in [0.15, 0.2) is 0 Å². The molecular formula is C19H22FN3O2. The van der Waals surface area contributed by atoms with Gasteiger partial charge in [0, 0.05) is 23.8 Å². The number of carbonyl (C=O) groups excluding carboxylic acids is 2. The smallest absolute Gasteiger partial charge is 0.319 e. The van der Waals surface area contributed by atoms with Crippen LogP contribution in [0.25, 0.3) is 0 Å². The van der Waals surface area contributed by atoms with Crippen LogP contribution in [0.4, 0.5) is 14.9 Å². The van der Waals surface area contributed by atoms with E-state index in [1.165, 1.54) is 12.1 Å². The SMILES string of the molecule is CCC(C)NC(=O)Nc1ccc(C(=O)NCc2ccc(F)cc2)cc1. The molecule has 0 fully saturated rings. The van der Waals surface area contributed by atoms with Crippen molar-refractivity contribution in [2.24, 2.45) is 0 Å². The molecule has 3 N–H and O–H groups in total. The molecule has 1 atom stereocenters. The molecule has 1 unspecified atom stereocenters. The molecule has 2 aromatic rings. The summed E-state index contributed by atoms with van der Waals surface area (Å²) < 4.78 is 12.8. The van der Waals surface area contributed by atoms with E-state index in [2.05, 4.69) is 16.0 Å². The molecule has 25 heavy (non-hydrogen) atoms. The number of halogens is 1. The van der Waals surface area contributed by atoms with Crippen LogP contribution in [0.2, 0.25) is 0 Å². The summed E-state index contributed by atoms with van der Waals surface area (Å²) in [5.41, 5.74) is 1.90. The van der Waals surface area contributed by atoms with Crippen molar-refractivity contribution in [1.29, 1.82) is 0 Å². The van der Waals surface area contributed by atoms with E-state index in [0.29, 0.717) is 17.8 Å². The summed E-state index contributed by atoms with van der Waals surface area (Å²) in [5.74, 6) is -0.546. The van der Waals surface area contributed by atoms with Crippen LogP contribution in [-0.4, -0.2) is 18.0 Å². The van der Waals surface area contributed by atoms with Gasteiger partial charge < -0.3 is 16.0 Å². The molecule has 5 nitrogen and oxygen atoms in total. The van der Waals surface area contributed by atoms with Gasteiger partial charge in [0.25, 0.3) is 5.91 Å². The van der Waals surface area contributed by atoms with Gasteiger partial charge in [0.1, 0.15) is 5.82 Å². The Morgan fingerprint density at radius 1 is 1.04 bits per heavy atom. The Morgan fingerprint density at radius 3 is 2.28 bits per heavy atom. The van der Waals surface area contributed by atoms with Crippen LogP contribution in [-0.2, 0) is 6.54 Å². The van der Waals surface area contributed by atoms with E-state index in [1.807, 2.05) is 13.8 Å². The largest absolute Gasteiger partial charge is 0.348 e. The molecule has 0 bridgehead atoms. The molecule has 0 saturated heterocycles. The van der Waals surface area contributed by atoms with E-state index in [4.69, 9.17) is 0 Å².